The Morgan fingerprint density at radius 1 is 1.18 bits per heavy atom. The lowest BCUT2D eigenvalue weighted by molar-refractivity contribution is -0.141. The van der Waals surface area contributed by atoms with Gasteiger partial charge in [-0.2, -0.15) is 0 Å². The molecule has 0 radical (unpaired) electrons. The highest BCUT2D eigenvalue weighted by atomic mass is 16.4. The molecule has 0 aromatic heterocycles. The van der Waals surface area contributed by atoms with Gasteiger partial charge in [0.2, 0.25) is 5.91 Å². The van der Waals surface area contributed by atoms with Crippen molar-refractivity contribution in [3.63, 3.8) is 0 Å². The smallest absolute Gasteiger partial charge is 0.306 e. The molecule has 4 N–H and O–H groups in total. The molecule has 0 aliphatic carbocycles. The summed E-state index contributed by atoms with van der Waals surface area (Å²) in [5, 5.41) is 11.9. The number of carbonyl (C=O) groups is 2. The van der Waals surface area contributed by atoms with E-state index >= 15 is 0 Å². The summed E-state index contributed by atoms with van der Waals surface area (Å²) in [5.41, 5.74) is 5.15. The van der Waals surface area contributed by atoms with E-state index in [2.05, 4.69) is 5.32 Å². The lowest BCUT2D eigenvalue weighted by atomic mass is 10.0. The molecule has 0 saturated carbocycles. The molecule has 5 heteroatoms. The molecule has 0 aliphatic heterocycles. The van der Waals surface area contributed by atoms with Gasteiger partial charge in [0.05, 0.1) is 5.92 Å². The molecule has 0 rings (SSSR count). The SMILES string of the molecule is CC(CCCC(C)C(=O)O)NCC(C)C(N)=O. The van der Waals surface area contributed by atoms with Crippen molar-refractivity contribution >= 4 is 11.9 Å². The van der Waals surface area contributed by atoms with Gasteiger partial charge in [-0.05, 0) is 19.8 Å². The van der Waals surface area contributed by atoms with Crippen molar-refractivity contribution in [3.05, 3.63) is 0 Å². The monoisotopic (exact) mass is 244 g/mol. The molecule has 3 atom stereocenters. The summed E-state index contributed by atoms with van der Waals surface area (Å²) < 4.78 is 0. The van der Waals surface area contributed by atoms with Crippen LogP contribution in [0.4, 0.5) is 0 Å². The number of hydrogen-bond donors (Lipinski definition) is 3. The van der Waals surface area contributed by atoms with E-state index in [-0.39, 0.29) is 23.8 Å². The Kier molecular flexibility index (Phi) is 7.54. The van der Waals surface area contributed by atoms with Crippen LogP contribution >= 0.6 is 0 Å². The topological polar surface area (TPSA) is 92.4 Å². The molecule has 0 aromatic carbocycles. The first-order chi connectivity index (χ1) is 7.84. The summed E-state index contributed by atoms with van der Waals surface area (Å²) in [5.74, 6) is -1.50. The molecule has 17 heavy (non-hydrogen) atoms. The molecule has 0 fully saturated rings. The van der Waals surface area contributed by atoms with E-state index in [0.29, 0.717) is 13.0 Å². The predicted molar refractivity (Wildman–Crippen MR) is 66.5 cm³/mol. The van der Waals surface area contributed by atoms with Crippen LogP contribution in [0.2, 0.25) is 0 Å². The highest BCUT2D eigenvalue weighted by Crippen LogP contribution is 2.09. The van der Waals surface area contributed by atoms with Gasteiger partial charge in [-0.25, -0.2) is 0 Å². The van der Waals surface area contributed by atoms with Crippen LogP contribution in [0.1, 0.15) is 40.0 Å². The van der Waals surface area contributed by atoms with Crippen molar-refractivity contribution in [2.75, 3.05) is 6.54 Å². The quantitative estimate of drug-likeness (QED) is 0.563. The lowest BCUT2D eigenvalue weighted by Crippen LogP contribution is -2.35. The molecule has 0 aliphatic rings. The molecule has 100 valence electrons. The molecular weight excluding hydrogens is 220 g/mol. The second-order valence-corrected chi connectivity index (χ2v) is 4.78. The predicted octanol–water partition coefficient (Wildman–Crippen LogP) is 0.977. The zero-order valence-corrected chi connectivity index (χ0v) is 10.9. The van der Waals surface area contributed by atoms with E-state index in [1.165, 1.54) is 0 Å². The third-order valence-corrected chi connectivity index (χ3v) is 2.95. The van der Waals surface area contributed by atoms with Gasteiger partial charge >= 0.3 is 5.97 Å². The van der Waals surface area contributed by atoms with Crippen molar-refractivity contribution in [1.29, 1.82) is 0 Å². The minimum absolute atomic E-state index is 0.171. The van der Waals surface area contributed by atoms with Gasteiger partial charge in [0, 0.05) is 18.5 Å². The van der Waals surface area contributed by atoms with Crippen molar-refractivity contribution < 1.29 is 14.7 Å². The van der Waals surface area contributed by atoms with Crippen LogP contribution < -0.4 is 11.1 Å². The van der Waals surface area contributed by atoms with Crippen molar-refractivity contribution in [2.24, 2.45) is 17.6 Å². The van der Waals surface area contributed by atoms with Gasteiger partial charge in [0.15, 0.2) is 0 Å². The molecule has 0 heterocycles. The minimum Gasteiger partial charge on any atom is -0.481 e. The zero-order chi connectivity index (χ0) is 13.4. The van der Waals surface area contributed by atoms with Crippen LogP contribution in [-0.4, -0.2) is 29.6 Å². The van der Waals surface area contributed by atoms with Gasteiger partial charge in [0.1, 0.15) is 0 Å². The Balaban J connectivity index is 3.63. The van der Waals surface area contributed by atoms with Gasteiger partial charge in [-0.15, -0.1) is 0 Å². The standard InChI is InChI=1S/C12H24N2O3/c1-8(12(16)17)5-4-6-10(3)14-7-9(2)11(13)15/h8-10,14H,4-7H2,1-3H3,(H2,13,15)(H,16,17). The van der Waals surface area contributed by atoms with E-state index in [0.717, 1.165) is 12.8 Å². The highest BCUT2D eigenvalue weighted by molar-refractivity contribution is 5.76. The summed E-state index contributed by atoms with van der Waals surface area (Å²) in [4.78, 5) is 21.4. The largest absolute Gasteiger partial charge is 0.481 e. The number of nitrogens with one attached hydrogen (secondary N) is 1. The maximum atomic E-state index is 10.8. The molecule has 1 amide bonds. The van der Waals surface area contributed by atoms with E-state index in [1.807, 2.05) is 6.92 Å². The maximum absolute atomic E-state index is 10.8. The lowest BCUT2D eigenvalue weighted by Gasteiger charge is -2.16. The molecule has 0 aromatic rings. The zero-order valence-electron chi connectivity index (χ0n) is 10.9. The van der Waals surface area contributed by atoms with Gasteiger partial charge in [0.25, 0.3) is 0 Å². The normalized spacial score (nSPS) is 16.2. The average molecular weight is 244 g/mol. The Labute approximate surface area is 103 Å². The molecule has 3 unspecified atom stereocenters. The van der Waals surface area contributed by atoms with Crippen molar-refractivity contribution in [2.45, 2.75) is 46.1 Å². The fourth-order valence-electron chi connectivity index (χ4n) is 1.43. The van der Waals surface area contributed by atoms with E-state index in [4.69, 9.17) is 10.8 Å². The van der Waals surface area contributed by atoms with Crippen LogP contribution in [0, 0.1) is 11.8 Å². The Morgan fingerprint density at radius 3 is 2.24 bits per heavy atom. The van der Waals surface area contributed by atoms with Crippen LogP contribution in [0.25, 0.3) is 0 Å². The number of primary amides is 1. The number of carboxylic acid groups (broad SMARTS) is 1. The van der Waals surface area contributed by atoms with E-state index < -0.39 is 5.97 Å². The number of aliphatic carboxylic acids is 1. The third-order valence-electron chi connectivity index (χ3n) is 2.95. The number of hydrogen-bond acceptors (Lipinski definition) is 3. The molecule has 0 bridgehead atoms. The fourth-order valence-corrected chi connectivity index (χ4v) is 1.43. The van der Waals surface area contributed by atoms with Crippen LogP contribution in [0.3, 0.4) is 0 Å². The number of nitrogens with two attached hydrogens (primary N) is 1. The Bertz CT molecular complexity index is 256. The van der Waals surface area contributed by atoms with Gasteiger partial charge < -0.3 is 16.2 Å². The second-order valence-electron chi connectivity index (χ2n) is 4.78. The number of rotatable bonds is 9. The van der Waals surface area contributed by atoms with Gasteiger partial charge in [-0.1, -0.05) is 20.3 Å². The average Bonchev–Trinajstić information content (AvgIpc) is 2.25. The first-order valence-electron chi connectivity index (χ1n) is 6.10. The summed E-state index contributed by atoms with van der Waals surface area (Å²) in [6.45, 7) is 6.11. The summed E-state index contributed by atoms with van der Waals surface area (Å²) in [7, 11) is 0. The number of amides is 1. The fraction of sp³-hybridized carbons (Fsp3) is 0.833. The van der Waals surface area contributed by atoms with Crippen molar-refractivity contribution in [3.8, 4) is 0 Å². The molecular formula is C12H24N2O3. The first-order valence-corrected chi connectivity index (χ1v) is 6.10. The highest BCUT2D eigenvalue weighted by Gasteiger charge is 2.12. The number of carbonyl (C=O) groups excluding carboxylic acids is 1. The number of carboxylic acids is 1. The van der Waals surface area contributed by atoms with Crippen LogP contribution in [0.15, 0.2) is 0 Å². The van der Waals surface area contributed by atoms with Crippen molar-refractivity contribution in [1.82, 2.24) is 5.32 Å². The van der Waals surface area contributed by atoms with E-state index in [9.17, 15) is 9.59 Å². The Morgan fingerprint density at radius 2 is 1.76 bits per heavy atom. The minimum atomic E-state index is -0.743. The van der Waals surface area contributed by atoms with Gasteiger partial charge in [-0.3, -0.25) is 9.59 Å². The summed E-state index contributed by atoms with van der Waals surface area (Å²) >= 11 is 0. The first kappa shape index (κ1) is 15.9. The maximum Gasteiger partial charge on any atom is 0.306 e. The molecule has 0 spiro atoms. The van der Waals surface area contributed by atoms with E-state index in [1.54, 1.807) is 13.8 Å². The third kappa shape index (κ3) is 7.74. The molecule has 0 saturated heterocycles. The summed E-state index contributed by atoms with van der Waals surface area (Å²) in [6, 6.07) is 0.276. The van der Waals surface area contributed by atoms with Crippen LogP contribution in [-0.2, 0) is 9.59 Å². The second kappa shape index (κ2) is 8.06. The van der Waals surface area contributed by atoms with Crippen LogP contribution in [0.5, 0.6) is 0 Å². The Hall–Kier alpha value is -1.10. The summed E-state index contributed by atoms with van der Waals surface area (Å²) in [6.07, 6.45) is 2.46. The molecule has 5 nitrogen and oxygen atoms in total.